The molecule has 1 N–H and O–H groups in total. The first kappa shape index (κ1) is 17.7. The van der Waals surface area contributed by atoms with Crippen molar-refractivity contribution >= 4 is 26.0 Å². The second-order valence-corrected chi connectivity index (χ2v) is 12.0. The maximum Gasteiger partial charge on any atom is 0.323 e. The molecule has 0 radical (unpaired) electrons. The average molecular weight is 316 g/mol. The van der Waals surface area contributed by atoms with Crippen LogP contribution in [0.15, 0.2) is 0 Å². The summed E-state index contributed by atoms with van der Waals surface area (Å²) in [7, 11) is 0.294. The number of carbonyl (C=O) groups excluding carboxylic acids is 2. The molecule has 0 aromatic carbocycles. The van der Waals surface area contributed by atoms with E-state index in [0.717, 1.165) is 0 Å². The minimum absolute atomic E-state index is 0.283. The van der Waals surface area contributed by atoms with Crippen molar-refractivity contribution in [2.24, 2.45) is 11.3 Å². The second-order valence-electron chi connectivity index (χ2n) is 6.64. The summed E-state index contributed by atoms with van der Waals surface area (Å²) in [5.41, 5.74) is -2.18. The number of carboxylic acids is 1. The molecule has 1 aliphatic rings. The van der Waals surface area contributed by atoms with Gasteiger partial charge in [0, 0.05) is 0 Å². The summed E-state index contributed by atoms with van der Waals surface area (Å²) in [6.07, 6.45) is 1.42. The zero-order valence-corrected chi connectivity index (χ0v) is 14.3. The number of ether oxygens (including phenoxy) is 2. The van der Waals surface area contributed by atoms with Gasteiger partial charge in [0.15, 0.2) is 5.41 Å². The molecule has 1 saturated carbocycles. The summed E-state index contributed by atoms with van der Waals surface area (Å²) in [6, 6.07) is 0. The van der Waals surface area contributed by atoms with Crippen LogP contribution in [0.4, 0.5) is 0 Å². The third-order valence-electron chi connectivity index (χ3n) is 4.42. The molecule has 0 amide bonds. The van der Waals surface area contributed by atoms with Gasteiger partial charge in [-0.1, -0.05) is 26.1 Å². The number of carbonyl (C=O) groups is 3. The van der Waals surface area contributed by atoms with E-state index in [0.29, 0.717) is 12.8 Å². The zero-order valence-electron chi connectivity index (χ0n) is 13.3. The van der Waals surface area contributed by atoms with E-state index in [1.54, 1.807) is 0 Å². The number of esters is 2. The quantitative estimate of drug-likeness (QED) is 0.473. The minimum atomic E-state index is -2.14. The normalized spacial score (nSPS) is 22.4. The van der Waals surface area contributed by atoms with Gasteiger partial charge in [0.25, 0.3) is 0 Å². The van der Waals surface area contributed by atoms with Crippen LogP contribution >= 0.6 is 0 Å². The van der Waals surface area contributed by atoms with E-state index in [9.17, 15) is 19.5 Å². The van der Waals surface area contributed by atoms with Crippen LogP contribution in [0.1, 0.15) is 19.3 Å². The summed E-state index contributed by atoms with van der Waals surface area (Å²) >= 11 is 0. The highest BCUT2D eigenvalue weighted by atomic mass is 28.3. The van der Waals surface area contributed by atoms with E-state index in [-0.39, 0.29) is 6.42 Å². The van der Waals surface area contributed by atoms with E-state index in [2.05, 4.69) is 0 Å². The van der Waals surface area contributed by atoms with E-state index in [4.69, 9.17) is 9.47 Å². The van der Waals surface area contributed by atoms with Gasteiger partial charge in [0.2, 0.25) is 0 Å². The Hall–Kier alpha value is -1.37. The lowest BCUT2D eigenvalue weighted by molar-refractivity contribution is -0.172. The van der Waals surface area contributed by atoms with Crippen molar-refractivity contribution in [1.29, 1.82) is 0 Å². The van der Waals surface area contributed by atoms with Crippen molar-refractivity contribution in [2.45, 2.75) is 44.4 Å². The maximum absolute atomic E-state index is 12.3. The van der Waals surface area contributed by atoms with Gasteiger partial charge in [-0.3, -0.25) is 14.4 Å². The standard InChI is InChI=1S/C14H24O6Si/c1-19-12(17)14(13(18)20-2)8-6-7-9(14)10(11(15)16)21(3,4)5/h9-10H,6-8H2,1-5H3,(H,15,16). The summed E-state index contributed by atoms with van der Waals surface area (Å²) in [6.45, 7) is 5.80. The van der Waals surface area contributed by atoms with E-state index in [1.165, 1.54) is 14.2 Å². The fourth-order valence-corrected chi connectivity index (χ4v) is 5.98. The molecule has 2 unspecified atom stereocenters. The van der Waals surface area contributed by atoms with Gasteiger partial charge in [-0.2, -0.15) is 0 Å². The fraction of sp³-hybridized carbons (Fsp3) is 0.786. The molecule has 1 rings (SSSR count). The molecule has 1 aliphatic carbocycles. The van der Waals surface area contributed by atoms with E-state index < -0.39 is 42.9 Å². The predicted molar refractivity (Wildman–Crippen MR) is 78.5 cm³/mol. The Morgan fingerprint density at radius 3 is 1.95 bits per heavy atom. The highest BCUT2D eigenvalue weighted by Gasteiger charge is 2.62. The molecule has 1 fully saturated rings. The Bertz CT molecular complexity index is 423. The summed E-state index contributed by atoms with van der Waals surface area (Å²) in [5, 5.41) is 9.64. The van der Waals surface area contributed by atoms with Gasteiger partial charge in [-0.15, -0.1) is 0 Å². The van der Waals surface area contributed by atoms with Crippen LogP contribution in [-0.4, -0.2) is 45.3 Å². The molecule has 21 heavy (non-hydrogen) atoms. The number of aliphatic carboxylic acids is 1. The zero-order chi connectivity index (χ0) is 16.4. The Labute approximate surface area is 125 Å². The van der Waals surface area contributed by atoms with Gasteiger partial charge in [-0.25, -0.2) is 0 Å². The van der Waals surface area contributed by atoms with Crippen LogP contribution in [-0.2, 0) is 23.9 Å². The third kappa shape index (κ3) is 2.97. The molecule has 0 saturated heterocycles. The first-order valence-corrected chi connectivity index (χ1v) is 10.6. The molecule has 0 spiro atoms. The highest BCUT2D eigenvalue weighted by Crippen LogP contribution is 2.53. The largest absolute Gasteiger partial charge is 0.481 e. The number of hydrogen-bond acceptors (Lipinski definition) is 5. The van der Waals surface area contributed by atoms with Gasteiger partial charge in [0.05, 0.1) is 27.8 Å². The Morgan fingerprint density at radius 1 is 1.14 bits per heavy atom. The summed E-state index contributed by atoms with van der Waals surface area (Å²) in [4.78, 5) is 36.4. The summed E-state index contributed by atoms with van der Waals surface area (Å²) < 4.78 is 9.63. The molecule has 0 bridgehead atoms. The maximum atomic E-state index is 12.3. The van der Waals surface area contributed by atoms with Crippen LogP contribution in [0.3, 0.4) is 0 Å². The van der Waals surface area contributed by atoms with E-state index >= 15 is 0 Å². The van der Waals surface area contributed by atoms with Crippen molar-refractivity contribution in [3.8, 4) is 0 Å². The molecule has 2 atom stereocenters. The van der Waals surface area contributed by atoms with Crippen molar-refractivity contribution < 1.29 is 29.0 Å². The van der Waals surface area contributed by atoms with Crippen LogP contribution in [0.5, 0.6) is 0 Å². The smallest absolute Gasteiger partial charge is 0.323 e. The van der Waals surface area contributed by atoms with Crippen molar-refractivity contribution in [3.63, 3.8) is 0 Å². The topological polar surface area (TPSA) is 89.9 Å². The lowest BCUT2D eigenvalue weighted by Gasteiger charge is -2.38. The van der Waals surface area contributed by atoms with Crippen molar-refractivity contribution in [2.75, 3.05) is 14.2 Å². The van der Waals surface area contributed by atoms with Crippen LogP contribution < -0.4 is 0 Å². The van der Waals surface area contributed by atoms with Gasteiger partial charge in [0.1, 0.15) is 0 Å². The molecule has 120 valence electrons. The van der Waals surface area contributed by atoms with Crippen LogP contribution in [0, 0.1) is 11.3 Å². The Kier molecular flexibility index (Phi) is 5.19. The molecule has 0 aliphatic heterocycles. The molecule has 0 aromatic heterocycles. The van der Waals surface area contributed by atoms with Crippen molar-refractivity contribution in [1.82, 2.24) is 0 Å². The first-order chi connectivity index (χ1) is 9.62. The Balaban J connectivity index is 3.40. The number of methoxy groups -OCH3 is 2. The highest BCUT2D eigenvalue weighted by molar-refractivity contribution is 6.80. The monoisotopic (exact) mass is 316 g/mol. The van der Waals surface area contributed by atoms with Gasteiger partial charge >= 0.3 is 17.9 Å². The molecular weight excluding hydrogens is 292 g/mol. The average Bonchev–Trinajstić information content (AvgIpc) is 2.80. The fourth-order valence-electron chi connectivity index (χ4n) is 3.58. The molecule has 6 nitrogen and oxygen atoms in total. The second kappa shape index (κ2) is 6.17. The molecule has 0 heterocycles. The van der Waals surface area contributed by atoms with Crippen LogP contribution in [0.25, 0.3) is 0 Å². The van der Waals surface area contributed by atoms with Gasteiger partial charge < -0.3 is 14.6 Å². The van der Waals surface area contributed by atoms with Crippen LogP contribution in [0.2, 0.25) is 25.2 Å². The lowest BCUT2D eigenvalue weighted by atomic mass is 9.75. The number of rotatable bonds is 5. The van der Waals surface area contributed by atoms with E-state index in [1.807, 2.05) is 19.6 Å². The summed E-state index contributed by atoms with van der Waals surface area (Å²) in [5.74, 6) is -2.87. The molecular formula is C14H24O6Si. The lowest BCUT2D eigenvalue weighted by Crippen LogP contribution is -2.51. The Morgan fingerprint density at radius 2 is 1.62 bits per heavy atom. The predicted octanol–water partition coefficient (Wildman–Crippen LogP) is 1.91. The molecule has 7 heteroatoms. The third-order valence-corrected chi connectivity index (χ3v) is 6.94. The van der Waals surface area contributed by atoms with Crippen molar-refractivity contribution in [3.05, 3.63) is 0 Å². The number of carboxylic acid groups (broad SMARTS) is 1. The number of hydrogen-bond donors (Lipinski definition) is 1. The SMILES string of the molecule is COC(=O)C1(C(=O)OC)CCCC1C(C(=O)O)[Si](C)(C)C. The van der Waals surface area contributed by atoms with Gasteiger partial charge in [-0.05, 0) is 18.8 Å². The minimum Gasteiger partial charge on any atom is -0.481 e. The molecule has 0 aromatic rings. The first-order valence-electron chi connectivity index (χ1n) is 7.02.